The van der Waals surface area contributed by atoms with Crippen LogP contribution in [-0.2, 0) is 49.5 Å². The van der Waals surface area contributed by atoms with Crippen LogP contribution in [0, 0.1) is 0 Å². The van der Waals surface area contributed by atoms with Crippen molar-refractivity contribution in [2.45, 2.75) is 14.7 Å². The Kier molecular flexibility index (Phi) is 13.7. The monoisotopic (exact) mass is 959 g/mol. The number of carbonyl (C=O) groups is 3. The average Bonchev–Trinajstić information content (AvgIpc) is 3.26. The Morgan fingerprint density at radius 3 is 0.844 bits per heavy atom. The van der Waals surface area contributed by atoms with Crippen molar-refractivity contribution in [1.82, 2.24) is 0 Å². The van der Waals surface area contributed by atoms with Gasteiger partial charge in [0, 0.05) is 65.9 Å². The largest absolute Gasteiger partial charge is 3.00 e. The number of rotatable bonds is 6. The van der Waals surface area contributed by atoms with Gasteiger partial charge in [-0.15, -0.1) is 0 Å². The SMILES string of the molecule is CS(=O)c1ccc2c(=O)c3cc(C(=O)[O-])ccc3oc2c1.CS(=O)c1ccc2c(=O)c3cc(C(=O)[O-])ccc3oc2c1.CS(=O)c1ccc2c(=O)c3cc(C(=O)[O-])ccc3oc2c1.[Fe+3]. The van der Waals surface area contributed by atoms with Crippen molar-refractivity contribution in [3.63, 3.8) is 0 Å². The van der Waals surface area contributed by atoms with Crippen LogP contribution >= 0.6 is 0 Å². The van der Waals surface area contributed by atoms with Crippen molar-refractivity contribution in [2.24, 2.45) is 0 Å². The number of hydrogen-bond acceptors (Lipinski definition) is 15. The van der Waals surface area contributed by atoms with Crippen LogP contribution in [0.2, 0.25) is 0 Å². The normalized spacial score (nSPS) is 12.4. The number of benzene rings is 6. The van der Waals surface area contributed by atoms with Crippen LogP contribution in [0.4, 0.5) is 0 Å². The van der Waals surface area contributed by atoms with Crippen LogP contribution in [0.3, 0.4) is 0 Å². The van der Waals surface area contributed by atoms with Crippen molar-refractivity contribution in [2.75, 3.05) is 18.8 Å². The molecule has 0 N–H and O–H groups in total. The molecule has 0 fully saturated rings. The van der Waals surface area contributed by atoms with Gasteiger partial charge in [-0.1, -0.05) is 0 Å². The Morgan fingerprint density at radius 2 is 0.625 bits per heavy atom. The molecular weight excluding hydrogens is 933 g/mol. The van der Waals surface area contributed by atoms with E-state index in [0.717, 1.165) is 0 Å². The molecule has 323 valence electrons. The first-order valence-electron chi connectivity index (χ1n) is 18.1. The zero-order valence-electron chi connectivity index (χ0n) is 33.1. The average molecular weight is 960 g/mol. The molecule has 15 nitrogen and oxygen atoms in total. The number of carboxylic acid groups (broad SMARTS) is 3. The summed E-state index contributed by atoms with van der Waals surface area (Å²) in [7, 11) is -3.55. The molecule has 3 heterocycles. The Morgan fingerprint density at radius 1 is 0.375 bits per heavy atom. The standard InChI is InChI=1S/3C15H10O5S.Fe/c3*1-21(19)9-3-4-10-13(7-9)20-12-5-2-8(15(17)18)6-11(12)14(10)16;/h3*2-7H,1H3,(H,17,18);/q;;;+3/p-3. The van der Waals surface area contributed by atoms with E-state index in [-0.39, 0.29) is 83.0 Å². The quantitative estimate of drug-likeness (QED) is 0.171. The smallest absolute Gasteiger partial charge is 0.545 e. The molecule has 0 saturated heterocycles. The summed E-state index contributed by atoms with van der Waals surface area (Å²) in [5.74, 6) is -4.06. The van der Waals surface area contributed by atoms with E-state index in [1.165, 1.54) is 91.6 Å². The molecule has 3 atom stereocenters. The fraction of sp³-hybridized carbons (Fsp3) is 0.0667. The third-order valence-electron chi connectivity index (χ3n) is 9.63. The second-order valence-corrected chi connectivity index (χ2v) is 17.8. The van der Waals surface area contributed by atoms with E-state index in [2.05, 4.69) is 0 Å². The maximum atomic E-state index is 12.4. The molecule has 0 spiro atoms. The summed E-state index contributed by atoms with van der Waals surface area (Å²) in [6.07, 6.45) is 4.60. The molecule has 0 aliphatic carbocycles. The molecule has 3 aromatic heterocycles. The van der Waals surface area contributed by atoms with Crippen LogP contribution in [0.5, 0.6) is 0 Å². The second-order valence-electron chi connectivity index (χ2n) is 13.6. The van der Waals surface area contributed by atoms with E-state index in [9.17, 15) is 56.7 Å². The molecule has 0 amide bonds. The molecule has 1 radical (unpaired) electrons. The Bertz CT molecular complexity index is 3300. The zero-order chi connectivity index (χ0) is 45.4. The maximum Gasteiger partial charge on any atom is 3.00 e. The Labute approximate surface area is 376 Å². The number of carbonyl (C=O) groups excluding carboxylic acids is 3. The first kappa shape index (κ1) is 46.6. The molecule has 3 unspecified atom stereocenters. The third kappa shape index (κ3) is 9.39. The molecular formula is C45H27FeO15S3. The van der Waals surface area contributed by atoms with E-state index in [4.69, 9.17) is 13.3 Å². The Balaban J connectivity index is 0.000000158. The van der Waals surface area contributed by atoms with E-state index < -0.39 is 50.3 Å². The zero-order valence-corrected chi connectivity index (χ0v) is 36.6. The fourth-order valence-electron chi connectivity index (χ4n) is 6.42. The van der Waals surface area contributed by atoms with Gasteiger partial charge in [0.05, 0.1) is 50.2 Å². The fourth-order valence-corrected chi connectivity index (χ4v) is 8.02. The number of carboxylic acids is 3. The molecule has 19 heteroatoms. The van der Waals surface area contributed by atoms with Gasteiger partial charge in [0.25, 0.3) is 0 Å². The van der Waals surface area contributed by atoms with Gasteiger partial charge in [0.2, 0.25) is 16.3 Å². The minimum atomic E-state index is -1.35. The minimum Gasteiger partial charge on any atom is -0.545 e. The van der Waals surface area contributed by atoms with Gasteiger partial charge in [0.1, 0.15) is 33.5 Å². The van der Waals surface area contributed by atoms with Crippen molar-refractivity contribution >= 4 is 116 Å². The first-order chi connectivity index (χ1) is 29.9. The van der Waals surface area contributed by atoms with Gasteiger partial charge in [-0.2, -0.15) is 0 Å². The third-order valence-corrected chi connectivity index (χ3v) is 12.4. The summed E-state index contributed by atoms with van der Waals surface area (Å²) in [4.78, 5) is 71.4. The molecule has 0 saturated carbocycles. The van der Waals surface area contributed by atoms with Crippen LogP contribution in [0.25, 0.3) is 65.8 Å². The molecule has 9 aromatic rings. The summed E-state index contributed by atoms with van der Waals surface area (Å²) in [6, 6.07) is 25.9. The second kappa shape index (κ2) is 18.8. The van der Waals surface area contributed by atoms with Crippen LogP contribution in [0.1, 0.15) is 31.1 Å². The van der Waals surface area contributed by atoms with Gasteiger partial charge in [-0.3, -0.25) is 27.0 Å². The molecule has 0 aliphatic heterocycles. The number of aromatic carboxylic acids is 3. The maximum absolute atomic E-state index is 12.4. The molecule has 6 aromatic carbocycles. The number of hydrogen-bond donors (Lipinski definition) is 0. The molecule has 0 bridgehead atoms. The van der Waals surface area contributed by atoms with E-state index in [1.807, 2.05) is 0 Å². The summed E-state index contributed by atoms with van der Waals surface area (Å²) in [6.45, 7) is 0. The van der Waals surface area contributed by atoms with E-state index in [0.29, 0.717) is 47.6 Å². The van der Waals surface area contributed by atoms with Crippen molar-refractivity contribution in [1.29, 1.82) is 0 Å². The van der Waals surface area contributed by atoms with Gasteiger partial charge < -0.3 is 43.0 Å². The van der Waals surface area contributed by atoms with Gasteiger partial charge in [-0.05, 0) is 126 Å². The topological polar surface area (TPSA) is 262 Å². The van der Waals surface area contributed by atoms with Gasteiger partial charge >= 0.3 is 17.1 Å². The van der Waals surface area contributed by atoms with Crippen molar-refractivity contribution < 1.29 is 72.7 Å². The molecule has 0 aliphatic rings. The van der Waals surface area contributed by atoms with Crippen LogP contribution < -0.4 is 31.6 Å². The van der Waals surface area contributed by atoms with Crippen LogP contribution in [0.15, 0.2) is 152 Å². The summed E-state index contributed by atoms with van der Waals surface area (Å²) in [5, 5.41) is 34.0. The minimum absolute atomic E-state index is 0. The predicted molar refractivity (Wildman–Crippen MR) is 230 cm³/mol. The molecule has 64 heavy (non-hydrogen) atoms. The van der Waals surface area contributed by atoms with Crippen molar-refractivity contribution in [3.8, 4) is 0 Å². The van der Waals surface area contributed by atoms with E-state index in [1.54, 1.807) is 36.4 Å². The van der Waals surface area contributed by atoms with Gasteiger partial charge in [0.15, 0.2) is 0 Å². The van der Waals surface area contributed by atoms with Gasteiger partial charge in [-0.25, -0.2) is 0 Å². The summed E-state index contributed by atoms with van der Waals surface area (Å²) >= 11 is 0. The summed E-state index contributed by atoms with van der Waals surface area (Å²) < 4.78 is 51.2. The first-order valence-corrected chi connectivity index (χ1v) is 22.8. The summed E-state index contributed by atoms with van der Waals surface area (Å²) in [5.41, 5.74) is 0.545. The molecule has 9 rings (SSSR count). The predicted octanol–water partition coefficient (Wildman–Crippen LogP) is 3.14. The Hall–Kier alpha value is -6.89. The number of fused-ring (bicyclic) bond motifs is 6. The van der Waals surface area contributed by atoms with Crippen molar-refractivity contribution in [3.05, 3.63) is 157 Å². The van der Waals surface area contributed by atoms with Crippen LogP contribution in [-0.4, -0.2) is 49.3 Å². The van der Waals surface area contributed by atoms with E-state index >= 15 is 0 Å².